The van der Waals surface area contributed by atoms with Crippen molar-refractivity contribution >= 4 is 0 Å². The number of ether oxygens (including phenoxy) is 2. The van der Waals surface area contributed by atoms with Crippen LogP contribution in [0.5, 0.6) is 0 Å². The van der Waals surface area contributed by atoms with Gasteiger partial charge in [0.05, 0.1) is 25.4 Å². The van der Waals surface area contributed by atoms with E-state index in [2.05, 4.69) is 32.2 Å². The van der Waals surface area contributed by atoms with Crippen molar-refractivity contribution in [1.82, 2.24) is 5.32 Å². The van der Waals surface area contributed by atoms with Gasteiger partial charge in [-0.15, -0.1) is 0 Å². The first-order valence-electron chi connectivity index (χ1n) is 5.68. The van der Waals surface area contributed by atoms with Crippen LogP contribution in [0.1, 0.15) is 27.2 Å². The lowest BCUT2D eigenvalue weighted by atomic mass is 10.1. The molecule has 0 radical (unpaired) electrons. The Morgan fingerprint density at radius 2 is 2.13 bits per heavy atom. The van der Waals surface area contributed by atoms with Crippen LogP contribution in [-0.4, -0.2) is 38.5 Å². The van der Waals surface area contributed by atoms with Gasteiger partial charge in [0.2, 0.25) is 0 Å². The molecule has 0 aromatic heterocycles. The Bertz CT molecular complexity index is 206. The quantitative estimate of drug-likeness (QED) is 0.557. The molecule has 1 N–H and O–H groups in total. The predicted octanol–water partition coefficient (Wildman–Crippen LogP) is 1.74. The van der Waals surface area contributed by atoms with E-state index < -0.39 is 0 Å². The largest absolute Gasteiger partial charge is 0.375 e. The number of hydrogen-bond acceptors (Lipinski definition) is 3. The summed E-state index contributed by atoms with van der Waals surface area (Å²) in [5.74, 6) is 0. The number of nitrogens with one attached hydrogen (secondary N) is 1. The van der Waals surface area contributed by atoms with Gasteiger partial charge in [0.25, 0.3) is 0 Å². The van der Waals surface area contributed by atoms with E-state index in [0.717, 1.165) is 26.1 Å². The van der Waals surface area contributed by atoms with Crippen LogP contribution in [0, 0.1) is 0 Å². The molecule has 1 rings (SSSR count). The van der Waals surface area contributed by atoms with Crippen LogP contribution >= 0.6 is 0 Å². The summed E-state index contributed by atoms with van der Waals surface area (Å²) in [6.45, 7) is 10.4. The van der Waals surface area contributed by atoms with E-state index >= 15 is 0 Å². The molecular formula is C12H23NO2. The van der Waals surface area contributed by atoms with Gasteiger partial charge in [-0.3, -0.25) is 0 Å². The lowest BCUT2D eigenvalue weighted by Gasteiger charge is -2.20. The van der Waals surface area contributed by atoms with Gasteiger partial charge in [-0.2, -0.15) is 0 Å². The van der Waals surface area contributed by atoms with Crippen LogP contribution in [0.4, 0.5) is 0 Å². The molecule has 1 heterocycles. The molecule has 15 heavy (non-hydrogen) atoms. The second kappa shape index (κ2) is 6.26. The number of rotatable bonds is 5. The topological polar surface area (TPSA) is 30.5 Å². The van der Waals surface area contributed by atoms with E-state index in [9.17, 15) is 0 Å². The standard InChI is InChI=1S/C12H23NO2/c1-12(2,3)15-9-8-14-10-11-4-6-13-7-5-11/h4,13H,5-10H2,1-3H3. The van der Waals surface area contributed by atoms with E-state index in [-0.39, 0.29) is 5.60 Å². The highest BCUT2D eigenvalue weighted by molar-refractivity contribution is 5.06. The first kappa shape index (κ1) is 12.7. The Morgan fingerprint density at radius 1 is 1.33 bits per heavy atom. The summed E-state index contributed by atoms with van der Waals surface area (Å²) in [6, 6.07) is 0. The second-order valence-electron chi connectivity index (χ2n) is 4.83. The third-order valence-corrected chi connectivity index (χ3v) is 2.21. The van der Waals surface area contributed by atoms with Gasteiger partial charge >= 0.3 is 0 Å². The monoisotopic (exact) mass is 213 g/mol. The molecule has 0 fully saturated rings. The second-order valence-corrected chi connectivity index (χ2v) is 4.83. The fourth-order valence-electron chi connectivity index (χ4n) is 1.41. The summed E-state index contributed by atoms with van der Waals surface area (Å²) in [5.41, 5.74) is 1.35. The van der Waals surface area contributed by atoms with Crippen LogP contribution in [0.3, 0.4) is 0 Å². The predicted molar refractivity (Wildman–Crippen MR) is 62.1 cm³/mol. The fourth-order valence-corrected chi connectivity index (χ4v) is 1.41. The summed E-state index contributed by atoms with van der Waals surface area (Å²) in [4.78, 5) is 0. The third-order valence-electron chi connectivity index (χ3n) is 2.21. The maximum absolute atomic E-state index is 5.56. The molecule has 0 atom stereocenters. The molecule has 3 nitrogen and oxygen atoms in total. The third kappa shape index (κ3) is 6.66. The van der Waals surface area contributed by atoms with Crippen LogP contribution < -0.4 is 5.32 Å². The van der Waals surface area contributed by atoms with E-state index in [0.29, 0.717) is 13.2 Å². The lowest BCUT2D eigenvalue weighted by Crippen LogP contribution is -2.24. The van der Waals surface area contributed by atoms with E-state index in [1.54, 1.807) is 0 Å². The molecule has 0 spiro atoms. The van der Waals surface area contributed by atoms with Crippen LogP contribution in [-0.2, 0) is 9.47 Å². The zero-order valence-corrected chi connectivity index (χ0v) is 10.1. The minimum absolute atomic E-state index is 0.0581. The van der Waals surface area contributed by atoms with Gasteiger partial charge in [0, 0.05) is 6.54 Å². The van der Waals surface area contributed by atoms with Crippen molar-refractivity contribution in [3.63, 3.8) is 0 Å². The highest BCUT2D eigenvalue weighted by atomic mass is 16.5. The Morgan fingerprint density at radius 3 is 2.73 bits per heavy atom. The highest BCUT2D eigenvalue weighted by Gasteiger charge is 2.09. The van der Waals surface area contributed by atoms with Crippen LogP contribution in [0.2, 0.25) is 0 Å². The zero-order valence-electron chi connectivity index (χ0n) is 10.1. The molecule has 0 saturated heterocycles. The Labute approximate surface area is 92.8 Å². The molecule has 0 amide bonds. The van der Waals surface area contributed by atoms with Gasteiger partial charge in [-0.1, -0.05) is 6.08 Å². The van der Waals surface area contributed by atoms with E-state index in [4.69, 9.17) is 9.47 Å². The average molecular weight is 213 g/mol. The zero-order chi connectivity index (χ0) is 11.1. The van der Waals surface area contributed by atoms with Crippen LogP contribution in [0.15, 0.2) is 11.6 Å². The minimum Gasteiger partial charge on any atom is -0.375 e. The molecule has 3 heteroatoms. The summed E-state index contributed by atoms with van der Waals surface area (Å²) < 4.78 is 11.1. The molecule has 0 aromatic rings. The normalized spacial score (nSPS) is 17.7. The van der Waals surface area contributed by atoms with Crippen molar-refractivity contribution in [1.29, 1.82) is 0 Å². The molecule has 0 saturated carbocycles. The van der Waals surface area contributed by atoms with Crippen molar-refractivity contribution in [2.75, 3.05) is 32.9 Å². The van der Waals surface area contributed by atoms with Gasteiger partial charge < -0.3 is 14.8 Å². The first-order valence-corrected chi connectivity index (χ1v) is 5.68. The van der Waals surface area contributed by atoms with E-state index in [1.807, 2.05) is 0 Å². The van der Waals surface area contributed by atoms with Gasteiger partial charge in [0.15, 0.2) is 0 Å². The molecular weight excluding hydrogens is 190 g/mol. The van der Waals surface area contributed by atoms with Crippen molar-refractivity contribution in [2.24, 2.45) is 0 Å². The molecule has 0 aromatic carbocycles. The average Bonchev–Trinajstić information content (AvgIpc) is 2.17. The van der Waals surface area contributed by atoms with Gasteiger partial charge in [0.1, 0.15) is 0 Å². The first-order chi connectivity index (χ1) is 7.08. The Balaban J connectivity index is 1.99. The van der Waals surface area contributed by atoms with Crippen LogP contribution in [0.25, 0.3) is 0 Å². The molecule has 0 aliphatic carbocycles. The summed E-state index contributed by atoms with van der Waals surface area (Å²) >= 11 is 0. The Kier molecular flexibility index (Phi) is 5.29. The van der Waals surface area contributed by atoms with Crippen molar-refractivity contribution in [3.05, 3.63) is 11.6 Å². The van der Waals surface area contributed by atoms with Crippen molar-refractivity contribution in [2.45, 2.75) is 32.8 Å². The summed E-state index contributed by atoms with van der Waals surface area (Å²) in [5, 5.41) is 3.28. The van der Waals surface area contributed by atoms with Gasteiger partial charge in [-0.05, 0) is 39.3 Å². The summed E-state index contributed by atoms with van der Waals surface area (Å²) in [7, 11) is 0. The van der Waals surface area contributed by atoms with Gasteiger partial charge in [-0.25, -0.2) is 0 Å². The lowest BCUT2D eigenvalue weighted by molar-refractivity contribution is -0.0321. The van der Waals surface area contributed by atoms with Crippen molar-refractivity contribution in [3.8, 4) is 0 Å². The fraction of sp³-hybridized carbons (Fsp3) is 0.833. The highest BCUT2D eigenvalue weighted by Crippen LogP contribution is 2.07. The summed E-state index contributed by atoms with van der Waals surface area (Å²) in [6.07, 6.45) is 3.33. The maximum atomic E-state index is 5.56. The maximum Gasteiger partial charge on any atom is 0.0707 e. The smallest absolute Gasteiger partial charge is 0.0707 e. The Hall–Kier alpha value is -0.380. The SMILES string of the molecule is CC(C)(C)OCCOCC1=CCNCC1. The van der Waals surface area contributed by atoms with Crippen molar-refractivity contribution < 1.29 is 9.47 Å². The van der Waals surface area contributed by atoms with E-state index in [1.165, 1.54) is 5.57 Å². The minimum atomic E-state index is -0.0581. The molecule has 1 aliphatic heterocycles. The molecule has 1 aliphatic rings. The molecule has 0 unspecified atom stereocenters. The number of hydrogen-bond donors (Lipinski definition) is 1. The molecule has 0 bridgehead atoms. The molecule has 88 valence electrons.